The van der Waals surface area contributed by atoms with E-state index in [1.54, 1.807) is 4.90 Å². The first-order chi connectivity index (χ1) is 10.0. The summed E-state index contributed by atoms with van der Waals surface area (Å²) in [5.41, 5.74) is -0.608. The molecule has 7 heteroatoms. The molecule has 0 saturated carbocycles. The number of piperidine rings is 1. The number of nitro groups is 1. The lowest BCUT2D eigenvalue weighted by molar-refractivity contribution is -0.386. The number of nitrogens with zero attached hydrogens (tertiary/aromatic N) is 2. The maximum absolute atomic E-state index is 13.8. The Kier molecular flexibility index (Phi) is 5.06. The highest BCUT2D eigenvalue weighted by atomic mass is 19.1. The van der Waals surface area contributed by atoms with E-state index in [0.717, 1.165) is 31.9 Å². The van der Waals surface area contributed by atoms with Crippen molar-refractivity contribution in [2.75, 3.05) is 24.5 Å². The number of hydrogen-bond donors (Lipinski definition) is 1. The molecule has 1 atom stereocenters. The molecule has 1 heterocycles. The number of rotatable bonds is 5. The van der Waals surface area contributed by atoms with E-state index in [1.165, 1.54) is 0 Å². The van der Waals surface area contributed by atoms with Gasteiger partial charge in [0.15, 0.2) is 0 Å². The SMILES string of the molecule is CCCN(c1cc(F)cc(F)c1[N+](=O)[O-])C1CCCNC1. The third kappa shape index (κ3) is 3.47. The molecule has 1 N–H and O–H groups in total. The number of benzene rings is 1. The number of nitrogens with one attached hydrogen (secondary N) is 1. The summed E-state index contributed by atoms with van der Waals surface area (Å²) in [5, 5.41) is 14.4. The average Bonchev–Trinajstić information content (AvgIpc) is 2.44. The first kappa shape index (κ1) is 15.6. The molecular formula is C14H19F2N3O2. The molecule has 5 nitrogen and oxygen atoms in total. The van der Waals surface area contributed by atoms with Gasteiger partial charge in [0.1, 0.15) is 11.5 Å². The monoisotopic (exact) mass is 299 g/mol. The van der Waals surface area contributed by atoms with Crippen LogP contribution in [0.15, 0.2) is 12.1 Å². The van der Waals surface area contributed by atoms with Gasteiger partial charge in [0.05, 0.1) is 4.92 Å². The molecule has 0 spiro atoms. The zero-order valence-corrected chi connectivity index (χ0v) is 11.9. The van der Waals surface area contributed by atoms with Gasteiger partial charge in [-0.2, -0.15) is 4.39 Å². The Balaban J connectivity index is 2.45. The van der Waals surface area contributed by atoms with Crippen LogP contribution in [0.2, 0.25) is 0 Å². The Bertz CT molecular complexity index is 519. The third-order valence-electron chi connectivity index (χ3n) is 3.68. The second kappa shape index (κ2) is 6.80. The Morgan fingerprint density at radius 1 is 1.48 bits per heavy atom. The van der Waals surface area contributed by atoms with Crippen molar-refractivity contribution in [2.45, 2.75) is 32.2 Å². The predicted molar refractivity (Wildman–Crippen MR) is 76.5 cm³/mol. The lowest BCUT2D eigenvalue weighted by Gasteiger charge is -2.36. The lowest BCUT2D eigenvalue weighted by Crippen LogP contribution is -2.46. The van der Waals surface area contributed by atoms with Gasteiger partial charge in [-0.3, -0.25) is 10.1 Å². The Labute approximate surface area is 122 Å². The Hall–Kier alpha value is -1.76. The summed E-state index contributed by atoms with van der Waals surface area (Å²) >= 11 is 0. The van der Waals surface area contributed by atoms with Crippen molar-refractivity contribution in [3.05, 3.63) is 33.9 Å². The number of anilines is 1. The molecule has 0 bridgehead atoms. The molecule has 1 aliphatic rings. The normalized spacial score (nSPS) is 18.5. The maximum Gasteiger partial charge on any atom is 0.328 e. The average molecular weight is 299 g/mol. The van der Waals surface area contributed by atoms with Crippen LogP contribution in [0.25, 0.3) is 0 Å². The first-order valence-electron chi connectivity index (χ1n) is 7.15. The molecule has 0 aliphatic carbocycles. The third-order valence-corrected chi connectivity index (χ3v) is 3.68. The van der Waals surface area contributed by atoms with Crippen molar-refractivity contribution in [1.29, 1.82) is 0 Å². The smallest absolute Gasteiger partial charge is 0.328 e. The summed E-state index contributed by atoms with van der Waals surface area (Å²) in [5.74, 6) is -1.92. The van der Waals surface area contributed by atoms with Crippen LogP contribution in [0.4, 0.5) is 20.2 Å². The van der Waals surface area contributed by atoms with Crippen LogP contribution in [0.3, 0.4) is 0 Å². The molecule has 0 amide bonds. The fraction of sp³-hybridized carbons (Fsp3) is 0.571. The van der Waals surface area contributed by atoms with Crippen molar-refractivity contribution >= 4 is 11.4 Å². The molecule has 1 saturated heterocycles. The highest BCUT2D eigenvalue weighted by Gasteiger charge is 2.30. The van der Waals surface area contributed by atoms with Gasteiger partial charge in [-0.15, -0.1) is 0 Å². The molecular weight excluding hydrogens is 280 g/mol. The van der Waals surface area contributed by atoms with Crippen LogP contribution in [-0.4, -0.2) is 30.6 Å². The quantitative estimate of drug-likeness (QED) is 0.671. The molecule has 1 aromatic carbocycles. The van der Waals surface area contributed by atoms with Crippen LogP contribution < -0.4 is 10.2 Å². The van der Waals surface area contributed by atoms with Gasteiger partial charge in [0.25, 0.3) is 0 Å². The molecule has 2 rings (SSSR count). The van der Waals surface area contributed by atoms with E-state index in [-0.39, 0.29) is 11.7 Å². The molecule has 1 fully saturated rings. The van der Waals surface area contributed by atoms with E-state index in [1.807, 2.05) is 6.92 Å². The van der Waals surface area contributed by atoms with Crippen LogP contribution in [0, 0.1) is 21.7 Å². The molecule has 1 aromatic rings. The largest absolute Gasteiger partial charge is 0.362 e. The second-order valence-electron chi connectivity index (χ2n) is 5.21. The van der Waals surface area contributed by atoms with Crippen LogP contribution in [0.5, 0.6) is 0 Å². The zero-order valence-electron chi connectivity index (χ0n) is 11.9. The zero-order chi connectivity index (χ0) is 15.4. The van der Waals surface area contributed by atoms with E-state index in [9.17, 15) is 18.9 Å². The topological polar surface area (TPSA) is 58.4 Å². The highest BCUT2D eigenvalue weighted by molar-refractivity contribution is 5.64. The number of halogens is 2. The van der Waals surface area contributed by atoms with Crippen molar-refractivity contribution in [3.8, 4) is 0 Å². The summed E-state index contributed by atoms with van der Waals surface area (Å²) in [4.78, 5) is 12.1. The van der Waals surface area contributed by atoms with E-state index in [4.69, 9.17) is 0 Å². The van der Waals surface area contributed by atoms with Gasteiger partial charge in [0.2, 0.25) is 5.82 Å². The van der Waals surface area contributed by atoms with Crippen molar-refractivity contribution in [3.63, 3.8) is 0 Å². The molecule has 1 aliphatic heterocycles. The van der Waals surface area contributed by atoms with Crippen molar-refractivity contribution in [2.24, 2.45) is 0 Å². The number of hydrogen-bond acceptors (Lipinski definition) is 4. The van der Waals surface area contributed by atoms with Gasteiger partial charge < -0.3 is 10.2 Å². The van der Waals surface area contributed by atoms with Crippen LogP contribution in [-0.2, 0) is 0 Å². The summed E-state index contributed by atoms with van der Waals surface area (Å²) in [6.45, 7) is 4.02. The van der Waals surface area contributed by atoms with E-state index in [0.29, 0.717) is 19.2 Å². The summed E-state index contributed by atoms with van der Waals surface area (Å²) in [7, 11) is 0. The summed E-state index contributed by atoms with van der Waals surface area (Å²) in [6, 6.07) is 1.63. The first-order valence-corrected chi connectivity index (χ1v) is 7.15. The van der Waals surface area contributed by atoms with Gasteiger partial charge >= 0.3 is 5.69 Å². The second-order valence-corrected chi connectivity index (χ2v) is 5.21. The van der Waals surface area contributed by atoms with Gasteiger partial charge in [-0.1, -0.05) is 6.92 Å². The van der Waals surface area contributed by atoms with Crippen LogP contribution >= 0.6 is 0 Å². The standard InChI is InChI=1S/C14H19F2N3O2/c1-2-6-18(11-4-3-5-17-9-11)13-8-10(15)7-12(16)14(13)19(20)21/h7-8,11,17H,2-6,9H2,1H3. The van der Waals surface area contributed by atoms with Crippen LogP contribution in [0.1, 0.15) is 26.2 Å². The van der Waals surface area contributed by atoms with Gasteiger partial charge in [-0.25, -0.2) is 4.39 Å². The van der Waals surface area contributed by atoms with E-state index in [2.05, 4.69) is 5.32 Å². The molecule has 0 radical (unpaired) electrons. The van der Waals surface area contributed by atoms with E-state index >= 15 is 0 Å². The minimum absolute atomic E-state index is 0.0126. The minimum Gasteiger partial charge on any atom is -0.362 e. The van der Waals surface area contributed by atoms with Gasteiger partial charge in [-0.05, 0) is 25.8 Å². The summed E-state index contributed by atoms with van der Waals surface area (Å²) < 4.78 is 27.3. The molecule has 116 valence electrons. The molecule has 1 unspecified atom stereocenters. The predicted octanol–water partition coefficient (Wildman–Crippen LogP) is 2.84. The minimum atomic E-state index is -1.13. The number of nitro benzene ring substituents is 1. The fourth-order valence-corrected chi connectivity index (χ4v) is 2.79. The molecule has 21 heavy (non-hydrogen) atoms. The Morgan fingerprint density at radius 2 is 2.24 bits per heavy atom. The maximum atomic E-state index is 13.8. The fourth-order valence-electron chi connectivity index (χ4n) is 2.79. The van der Waals surface area contributed by atoms with Crippen molar-refractivity contribution < 1.29 is 13.7 Å². The summed E-state index contributed by atoms with van der Waals surface area (Å²) in [6.07, 6.45) is 2.53. The van der Waals surface area contributed by atoms with Crippen molar-refractivity contribution in [1.82, 2.24) is 5.32 Å². The van der Waals surface area contributed by atoms with E-state index < -0.39 is 22.2 Å². The molecule has 0 aromatic heterocycles. The highest BCUT2D eigenvalue weighted by Crippen LogP contribution is 2.34. The Morgan fingerprint density at radius 3 is 2.81 bits per heavy atom. The van der Waals surface area contributed by atoms with Gasteiger partial charge in [0, 0.05) is 31.3 Å². The lowest BCUT2D eigenvalue weighted by atomic mass is 10.0.